The molecule has 11 heavy (non-hydrogen) atoms. The first-order valence-electron chi connectivity index (χ1n) is 3.08. The van der Waals surface area contributed by atoms with Crippen LogP contribution < -0.4 is 0 Å². The molecule has 0 saturated carbocycles. The number of hydrogen-bond donors (Lipinski definition) is 0. The van der Waals surface area contributed by atoms with E-state index in [2.05, 4.69) is 0 Å². The van der Waals surface area contributed by atoms with Gasteiger partial charge in [-0.2, -0.15) is 0 Å². The Morgan fingerprint density at radius 2 is 1.91 bits per heavy atom. The molecule has 0 heterocycles. The third-order valence-electron chi connectivity index (χ3n) is 1.27. The molecule has 0 atom stereocenters. The van der Waals surface area contributed by atoms with Crippen LogP contribution in [0.4, 0.5) is 4.39 Å². The van der Waals surface area contributed by atoms with E-state index < -0.39 is 0 Å². The Morgan fingerprint density at radius 3 is 2.36 bits per heavy atom. The lowest BCUT2D eigenvalue weighted by molar-refractivity contribution is 0.108. The summed E-state index contributed by atoms with van der Waals surface area (Å²) in [6, 6.07) is 5.52. The van der Waals surface area contributed by atoms with E-state index in [4.69, 9.17) is 0 Å². The van der Waals surface area contributed by atoms with Crippen LogP contribution >= 0.6 is 11.8 Å². The fourth-order valence-corrected chi connectivity index (χ4v) is 1.08. The van der Waals surface area contributed by atoms with Gasteiger partial charge >= 0.3 is 0 Å². The summed E-state index contributed by atoms with van der Waals surface area (Å²) in [4.78, 5) is 11.0. The van der Waals surface area contributed by atoms with E-state index in [0.29, 0.717) is 5.56 Å². The van der Waals surface area contributed by atoms with E-state index in [1.807, 2.05) is 0 Å². The minimum atomic E-state index is -0.317. The van der Waals surface area contributed by atoms with Crippen LogP contribution in [0, 0.1) is 5.82 Å². The quantitative estimate of drug-likeness (QED) is 0.643. The van der Waals surface area contributed by atoms with Crippen LogP contribution in [-0.2, 0) is 0 Å². The summed E-state index contributed by atoms with van der Waals surface area (Å²) in [5.41, 5.74) is 0.541. The maximum atomic E-state index is 12.3. The number of carbonyl (C=O) groups excluding carboxylic acids is 1. The smallest absolute Gasteiger partial charge is 0.219 e. The van der Waals surface area contributed by atoms with Crippen molar-refractivity contribution < 1.29 is 9.18 Å². The summed E-state index contributed by atoms with van der Waals surface area (Å²) >= 11 is 1.12. The zero-order valence-electron chi connectivity index (χ0n) is 6.00. The average molecular weight is 170 g/mol. The normalized spacial score (nSPS) is 9.64. The fraction of sp³-hybridized carbons (Fsp3) is 0.125. The molecule has 0 amide bonds. The van der Waals surface area contributed by atoms with Crippen LogP contribution in [0.3, 0.4) is 0 Å². The minimum Gasteiger partial charge on any atom is -0.282 e. The van der Waals surface area contributed by atoms with Crippen molar-refractivity contribution in [1.82, 2.24) is 0 Å². The van der Waals surface area contributed by atoms with Crippen molar-refractivity contribution >= 4 is 16.9 Å². The lowest BCUT2D eigenvalue weighted by Crippen LogP contribution is -1.90. The van der Waals surface area contributed by atoms with Gasteiger partial charge in [0.05, 0.1) is 0 Å². The Bertz CT molecular complexity index is 255. The van der Waals surface area contributed by atoms with Crippen molar-refractivity contribution in [2.75, 3.05) is 6.26 Å². The van der Waals surface area contributed by atoms with Crippen molar-refractivity contribution in [1.29, 1.82) is 0 Å². The van der Waals surface area contributed by atoms with E-state index in [-0.39, 0.29) is 10.9 Å². The van der Waals surface area contributed by atoms with Crippen LogP contribution in [0.1, 0.15) is 10.4 Å². The van der Waals surface area contributed by atoms with Gasteiger partial charge in [-0.1, -0.05) is 11.8 Å². The van der Waals surface area contributed by atoms with E-state index in [9.17, 15) is 9.18 Å². The second kappa shape index (κ2) is 3.53. The second-order valence-electron chi connectivity index (χ2n) is 2.00. The highest BCUT2D eigenvalue weighted by molar-refractivity contribution is 8.13. The molecule has 0 aliphatic carbocycles. The Hall–Kier alpha value is -0.830. The number of benzene rings is 1. The zero-order valence-corrected chi connectivity index (χ0v) is 6.82. The minimum absolute atomic E-state index is 0.0370. The molecule has 0 aromatic heterocycles. The summed E-state index contributed by atoms with van der Waals surface area (Å²) in [5.74, 6) is -0.317. The topological polar surface area (TPSA) is 17.1 Å². The number of thioether (sulfide) groups is 1. The number of rotatable bonds is 1. The van der Waals surface area contributed by atoms with Gasteiger partial charge in [-0.05, 0) is 30.5 Å². The maximum absolute atomic E-state index is 12.3. The van der Waals surface area contributed by atoms with Crippen molar-refractivity contribution in [2.24, 2.45) is 0 Å². The molecular weight excluding hydrogens is 163 g/mol. The fourth-order valence-electron chi connectivity index (χ4n) is 0.704. The lowest BCUT2D eigenvalue weighted by Gasteiger charge is -1.94. The molecule has 1 aromatic carbocycles. The van der Waals surface area contributed by atoms with E-state index >= 15 is 0 Å². The molecule has 1 aromatic rings. The van der Waals surface area contributed by atoms with Gasteiger partial charge in [0.1, 0.15) is 5.82 Å². The van der Waals surface area contributed by atoms with E-state index in [0.717, 1.165) is 11.8 Å². The first-order valence-corrected chi connectivity index (χ1v) is 4.30. The van der Waals surface area contributed by atoms with Gasteiger partial charge in [-0.3, -0.25) is 4.79 Å². The molecule has 0 fully saturated rings. The molecule has 0 N–H and O–H groups in total. The van der Waals surface area contributed by atoms with Gasteiger partial charge in [0.25, 0.3) is 0 Å². The Morgan fingerprint density at radius 1 is 1.36 bits per heavy atom. The first-order chi connectivity index (χ1) is 5.24. The van der Waals surface area contributed by atoms with Gasteiger partial charge in [0.2, 0.25) is 5.12 Å². The molecule has 3 heteroatoms. The van der Waals surface area contributed by atoms with Gasteiger partial charge < -0.3 is 0 Å². The molecule has 1 nitrogen and oxygen atoms in total. The van der Waals surface area contributed by atoms with Crippen LogP contribution in [0.15, 0.2) is 24.3 Å². The maximum Gasteiger partial charge on any atom is 0.219 e. The summed E-state index contributed by atoms with van der Waals surface area (Å²) in [6.07, 6.45) is 1.70. The van der Waals surface area contributed by atoms with Gasteiger partial charge in [0, 0.05) is 5.56 Å². The zero-order chi connectivity index (χ0) is 8.27. The number of halogens is 1. The predicted molar refractivity (Wildman–Crippen MR) is 44.2 cm³/mol. The first kappa shape index (κ1) is 8.27. The summed E-state index contributed by atoms with van der Waals surface area (Å²) in [6.45, 7) is 0. The van der Waals surface area contributed by atoms with Crippen molar-refractivity contribution in [3.05, 3.63) is 35.6 Å². The third-order valence-corrected chi connectivity index (χ3v) is 1.87. The van der Waals surface area contributed by atoms with Crippen LogP contribution in [0.25, 0.3) is 0 Å². The summed E-state index contributed by atoms with van der Waals surface area (Å²) in [7, 11) is 0. The Kier molecular flexibility index (Phi) is 2.65. The van der Waals surface area contributed by atoms with Gasteiger partial charge in [-0.25, -0.2) is 4.39 Å². The number of hydrogen-bond acceptors (Lipinski definition) is 2. The van der Waals surface area contributed by atoms with Gasteiger partial charge in [-0.15, -0.1) is 0 Å². The van der Waals surface area contributed by atoms with Crippen LogP contribution in [0.5, 0.6) is 0 Å². The molecule has 0 aliphatic heterocycles. The standard InChI is InChI=1S/C8H7FOS/c1-11-8(10)6-2-4-7(9)5-3-6/h2-5H,1H3. The Labute approximate surface area is 68.6 Å². The third kappa shape index (κ3) is 2.05. The SMILES string of the molecule is CSC(=O)c1ccc(F)cc1. The highest BCUT2D eigenvalue weighted by Gasteiger charge is 2.01. The Balaban J connectivity index is 2.90. The van der Waals surface area contributed by atoms with E-state index in [1.54, 1.807) is 6.26 Å². The highest BCUT2D eigenvalue weighted by atomic mass is 32.2. The van der Waals surface area contributed by atoms with Crippen molar-refractivity contribution in [3.8, 4) is 0 Å². The summed E-state index contributed by atoms with van der Waals surface area (Å²) in [5, 5.41) is -0.0370. The molecule has 0 saturated heterocycles. The average Bonchev–Trinajstić information content (AvgIpc) is 2.05. The summed E-state index contributed by atoms with van der Waals surface area (Å²) < 4.78 is 12.3. The molecule has 1 rings (SSSR count). The molecule has 0 unspecified atom stereocenters. The van der Waals surface area contributed by atoms with E-state index in [1.165, 1.54) is 24.3 Å². The second-order valence-corrected chi connectivity index (χ2v) is 2.78. The number of carbonyl (C=O) groups is 1. The molecule has 0 bridgehead atoms. The predicted octanol–water partition coefficient (Wildman–Crippen LogP) is 2.33. The van der Waals surface area contributed by atoms with Crippen LogP contribution in [-0.4, -0.2) is 11.4 Å². The monoisotopic (exact) mass is 170 g/mol. The van der Waals surface area contributed by atoms with Crippen LogP contribution in [0.2, 0.25) is 0 Å². The molecule has 0 radical (unpaired) electrons. The molecule has 0 spiro atoms. The largest absolute Gasteiger partial charge is 0.282 e. The lowest BCUT2D eigenvalue weighted by atomic mass is 10.2. The molecule has 58 valence electrons. The van der Waals surface area contributed by atoms with Crippen molar-refractivity contribution in [3.63, 3.8) is 0 Å². The van der Waals surface area contributed by atoms with Gasteiger partial charge in [0.15, 0.2) is 0 Å². The molecular formula is C8H7FOS. The molecule has 0 aliphatic rings. The van der Waals surface area contributed by atoms with Crippen molar-refractivity contribution in [2.45, 2.75) is 0 Å². The highest BCUT2D eigenvalue weighted by Crippen LogP contribution is 2.09.